The molecule has 0 spiro atoms. The van der Waals surface area contributed by atoms with Gasteiger partial charge in [-0.15, -0.1) is 0 Å². The van der Waals surface area contributed by atoms with E-state index < -0.39 is 10.0 Å². The third-order valence-electron chi connectivity index (χ3n) is 2.59. The molecule has 0 aliphatic carbocycles. The summed E-state index contributed by atoms with van der Waals surface area (Å²) in [5, 5.41) is 0. The van der Waals surface area contributed by atoms with Crippen LogP contribution in [0.3, 0.4) is 0 Å². The maximum Gasteiger partial charge on any atom is 0.229 e. The van der Waals surface area contributed by atoms with Crippen molar-refractivity contribution in [2.75, 3.05) is 11.0 Å². The van der Waals surface area contributed by atoms with Crippen molar-refractivity contribution in [1.29, 1.82) is 0 Å². The number of hydrogen-bond acceptors (Lipinski definition) is 2. The zero-order chi connectivity index (χ0) is 14.6. The zero-order valence-corrected chi connectivity index (χ0v) is 12.2. The third-order valence-corrected chi connectivity index (χ3v) is 3.18. The van der Waals surface area contributed by atoms with Crippen LogP contribution in [0, 0.1) is 18.8 Å². The van der Waals surface area contributed by atoms with E-state index in [1.54, 1.807) is 6.07 Å². The number of anilines is 1. The van der Waals surface area contributed by atoms with E-state index in [1.807, 2.05) is 49.4 Å². The van der Waals surface area contributed by atoms with Gasteiger partial charge in [0.25, 0.3) is 0 Å². The molecule has 0 heterocycles. The van der Waals surface area contributed by atoms with Gasteiger partial charge in [0, 0.05) is 11.1 Å². The summed E-state index contributed by atoms with van der Waals surface area (Å²) in [6, 6.07) is 15.0. The van der Waals surface area contributed by atoms with Crippen molar-refractivity contribution in [3.05, 3.63) is 65.2 Å². The number of benzene rings is 2. The van der Waals surface area contributed by atoms with Crippen LogP contribution in [0.15, 0.2) is 48.5 Å². The summed E-state index contributed by atoms with van der Waals surface area (Å²) in [6.07, 6.45) is 1.13. The predicted octanol–water partition coefficient (Wildman–Crippen LogP) is 2.77. The van der Waals surface area contributed by atoms with Crippen molar-refractivity contribution in [1.82, 2.24) is 0 Å². The molecule has 0 radical (unpaired) electrons. The Labute approximate surface area is 119 Å². The maximum atomic E-state index is 11.4. The molecule has 0 unspecified atom stereocenters. The van der Waals surface area contributed by atoms with Gasteiger partial charge in [0.2, 0.25) is 10.0 Å². The number of nitrogens with one attached hydrogen (secondary N) is 1. The molecule has 1 N–H and O–H groups in total. The van der Waals surface area contributed by atoms with Crippen LogP contribution in [0.2, 0.25) is 0 Å². The number of aryl methyl sites for hydroxylation is 1. The molecule has 0 fully saturated rings. The normalized spacial score (nSPS) is 10.5. The Balaban J connectivity index is 2.41. The van der Waals surface area contributed by atoms with Crippen LogP contribution in [-0.2, 0) is 10.0 Å². The van der Waals surface area contributed by atoms with E-state index in [2.05, 4.69) is 16.6 Å². The Hall–Kier alpha value is -2.25. The molecule has 0 atom stereocenters. The molecule has 2 aromatic carbocycles. The van der Waals surface area contributed by atoms with Crippen molar-refractivity contribution >= 4 is 15.7 Å². The maximum absolute atomic E-state index is 11.4. The minimum atomic E-state index is -3.31. The Bertz CT molecular complexity index is 769. The summed E-state index contributed by atoms with van der Waals surface area (Å²) in [4.78, 5) is 0. The van der Waals surface area contributed by atoms with E-state index in [9.17, 15) is 8.42 Å². The van der Waals surface area contributed by atoms with E-state index in [-0.39, 0.29) is 0 Å². The van der Waals surface area contributed by atoms with Crippen LogP contribution >= 0.6 is 0 Å². The lowest BCUT2D eigenvalue weighted by molar-refractivity contribution is 0.607. The second-order valence-corrected chi connectivity index (χ2v) is 6.29. The number of rotatable bonds is 2. The minimum Gasteiger partial charge on any atom is -0.283 e. The topological polar surface area (TPSA) is 46.2 Å². The van der Waals surface area contributed by atoms with Gasteiger partial charge in [0.05, 0.1) is 11.9 Å². The standard InChI is InChI=1S/C16H15NO2S/c1-13-8-11-16(17-20(2,18)19)15(12-13)10-9-14-6-4-3-5-7-14/h3-8,11-12,17H,1-2H3. The second kappa shape index (κ2) is 5.81. The van der Waals surface area contributed by atoms with Gasteiger partial charge >= 0.3 is 0 Å². The molecule has 0 saturated heterocycles. The van der Waals surface area contributed by atoms with Crippen LogP contribution < -0.4 is 4.72 Å². The van der Waals surface area contributed by atoms with Crippen molar-refractivity contribution in [3.8, 4) is 11.8 Å². The minimum absolute atomic E-state index is 0.501. The quantitative estimate of drug-likeness (QED) is 0.862. The molecule has 2 aromatic rings. The Morgan fingerprint density at radius 1 is 1.00 bits per heavy atom. The predicted molar refractivity (Wildman–Crippen MR) is 82.1 cm³/mol. The van der Waals surface area contributed by atoms with Gasteiger partial charge in [0.15, 0.2) is 0 Å². The van der Waals surface area contributed by atoms with Crippen LogP contribution in [-0.4, -0.2) is 14.7 Å². The third kappa shape index (κ3) is 4.15. The summed E-state index contributed by atoms with van der Waals surface area (Å²) in [5.74, 6) is 6.05. The van der Waals surface area contributed by atoms with Crippen LogP contribution in [0.25, 0.3) is 0 Å². The first-order valence-electron chi connectivity index (χ1n) is 6.09. The summed E-state index contributed by atoms with van der Waals surface area (Å²) in [6.45, 7) is 1.94. The molecule has 0 aliphatic rings. The molecule has 0 aliphatic heterocycles. The van der Waals surface area contributed by atoms with Gasteiger partial charge in [-0.2, -0.15) is 0 Å². The molecule has 3 nitrogen and oxygen atoms in total. The Kier molecular flexibility index (Phi) is 4.11. The molecule has 0 aromatic heterocycles. The fourth-order valence-corrected chi connectivity index (χ4v) is 2.29. The zero-order valence-electron chi connectivity index (χ0n) is 11.3. The van der Waals surface area contributed by atoms with Crippen molar-refractivity contribution in [2.24, 2.45) is 0 Å². The average Bonchev–Trinajstić information content (AvgIpc) is 2.39. The van der Waals surface area contributed by atoms with Gasteiger partial charge < -0.3 is 0 Å². The largest absolute Gasteiger partial charge is 0.283 e. The Morgan fingerprint density at radius 3 is 2.35 bits per heavy atom. The van der Waals surface area contributed by atoms with Gasteiger partial charge in [-0.25, -0.2) is 8.42 Å². The lowest BCUT2D eigenvalue weighted by Gasteiger charge is -2.07. The molecule has 0 saturated carbocycles. The first kappa shape index (κ1) is 14.2. The second-order valence-electron chi connectivity index (χ2n) is 4.54. The smallest absolute Gasteiger partial charge is 0.229 e. The fraction of sp³-hybridized carbons (Fsp3) is 0.125. The highest BCUT2D eigenvalue weighted by Crippen LogP contribution is 2.17. The molecule has 20 heavy (non-hydrogen) atoms. The molecule has 4 heteroatoms. The van der Waals surface area contributed by atoms with E-state index in [0.29, 0.717) is 11.3 Å². The van der Waals surface area contributed by atoms with E-state index >= 15 is 0 Å². The molecular formula is C16H15NO2S. The molecular weight excluding hydrogens is 270 g/mol. The molecule has 2 rings (SSSR count). The van der Waals surface area contributed by atoms with E-state index in [1.165, 1.54) is 0 Å². The lowest BCUT2D eigenvalue weighted by atomic mass is 10.1. The van der Waals surface area contributed by atoms with Gasteiger partial charge in [0.1, 0.15) is 0 Å². The summed E-state index contributed by atoms with van der Waals surface area (Å²) in [5.41, 5.74) is 3.08. The highest BCUT2D eigenvalue weighted by atomic mass is 32.2. The molecule has 102 valence electrons. The van der Waals surface area contributed by atoms with Crippen LogP contribution in [0.5, 0.6) is 0 Å². The summed E-state index contributed by atoms with van der Waals surface area (Å²) < 4.78 is 25.2. The SMILES string of the molecule is Cc1ccc(NS(C)(=O)=O)c(C#Cc2ccccc2)c1. The molecule has 0 bridgehead atoms. The first-order chi connectivity index (χ1) is 9.44. The molecule has 0 amide bonds. The monoisotopic (exact) mass is 285 g/mol. The Morgan fingerprint density at radius 2 is 1.70 bits per heavy atom. The van der Waals surface area contributed by atoms with Crippen LogP contribution in [0.1, 0.15) is 16.7 Å². The summed E-state index contributed by atoms with van der Waals surface area (Å²) in [7, 11) is -3.31. The first-order valence-corrected chi connectivity index (χ1v) is 7.99. The average molecular weight is 285 g/mol. The van der Waals surface area contributed by atoms with Crippen molar-refractivity contribution in [2.45, 2.75) is 6.92 Å². The number of hydrogen-bond donors (Lipinski definition) is 1. The number of sulfonamides is 1. The highest BCUT2D eigenvalue weighted by Gasteiger charge is 2.06. The highest BCUT2D eigenvalue weighted by molar-refractivity contribution is 7.92. The fourth-order valence-electron chi connectivity index (χ4n) is 1.71. The van der Waals surface area contributed by atoms with Crippen LogP contribution in [0.4, 0.5) is 5.69 Å². The van der Waals surface area contributed by atoms with Crippen molar-refractivity contribution in [3.63, 3.8) is 0 Å². The van der Waals surface area contributed by atoms with Crippen molar-refractivity contribution < 1.29 is 8.42 Å². The van der Waals surface area contributed by atoms with Gasteiger partial charge in [-0.1, -0.05) is 36.1 Å². The lowest BCUT2D eigenvalue weighted by Crippen LogP contribution is -2.10. The van der Waals surface area contributed by atoms with Gasteiger partial charge in [-0.05, 0) is 36.8 Å². The van der Waals surface area contributed by atoms with E-state index in [0.717, 1.165) is 17.4 Å². The van der Waals surface area contributed by atoms with Gasteiger partial charge in [-0.3, -0.25) is 4.72 Å². The van der Waals surface area contributed by atoms with E-state index in [4.69, 9.17) is 0 Å². The summed E-state index contributed by atoms with van der Waals surface area (Å²) >= 11 is 0.